The fourth-order valence-corrected chi connectivity index (χ4v) is 5.15. The Morgan fingerprint density at radius 1 is 1.04 bits per heavy atom. The molecule has 2 bridgehead atoms. The molecule has 2 N–H and O–H groups in total. The number of hydrogen-bond donors (Lipinski definition) is 2. The minimum Gasteiger partial charge on any atom is -0.393 e. The molecule has 5 unspecified atom stereocenters. The van der Waals surface area contributed by atoms with Crippen LogP contribution in [0.1, 0.15) is 99.8 Å². The summed E-state index contributed by atoms with van der Waals surface area (Å²) >= 11 is 0. The molecule has 2 aliphatic carbocycles. The van der Waals surface area contributed by atoms with Gasteiger partial charge in [0.2, 0.25) is 0 Å². The van der Waals surface area contributed by atoms with E-state index in [0.717, 1.165) is 51.4 Å². The highest BCUT2D eigenvalue weighted by atomic mass is 16.6. The maximum absolute atomic E-state index is 11.3. The van der Waals surface area contributed by atoms with Crippen molar-refractivity contribution in [2.75, 3.05) is 0 Å². The number of ether oxygens (including phenoxy) is 1. The van der Waals surface area contributed by atoms with Crippen molar-refractivity contribution in [2.24, 2.45) is 22.2 Å². The average molecular weight is 355 g/mol. The van der Waals surface area contributed by atoms with Crippen LogP contribution in [0.4, 0.5) is 0 Å². The van der Waals surface area contributed by atoms with Gasteiger partial charge >= 0.3 is 0 Å². The van der Waals surface area contributed by atoms with Crippen LogP contribution in [-0.4, -0.2) is 28.2 Å². The second kappa shape index (κ2) is 7.13. The largest absolute Gasteiger partial charge is 0.393 e. The van der Waals surface area contributed by atoms with Crippen LogP contribution in [0.25, 0.3) is 0 Å². The van der Waals surface area contributed by atoms with Crippen molar-refractivity contribution in [1.29, 1.82) is 0 Å². The molecule has 0 radical (unpaired) electrons. The molecule has 0 amide bonds. The van der Waals surface area contributed by atoms with E-state index in [1.54, 1.807) is 0 Å². The summed E-state index contributed by atoms with van der Waals surface area (Å²) in [5, 5.41) is 21.4. The van der Waals surface area contributed by atoms with Crippen LogP contribution >= 0.6 is 0 Å². The lowest BCUT2D eigenvalue weighted by Crippen LogP contribution is -2.50. The van der Waals surface area contributed by atoms with Gasteiger partial charge < -0.3 is 14.9 Å². The lowest BCUT2D eigenvalue weighted by molar-refractivity contribution is -0.264. The summed E-state index contributed by atoms with van der Waals surface area (Å²) in [6.45, 7) is 15.6. The Hall–Kier alpha value is -0.120. The average Bonchev–Trinajstić information content (AvgIpc) is 2.78. The first kappa shape index (κ1) is 21.2. The number of hydrogen-bond acceptors (Lipinski definition) is 3. The van der Waals surface area contributed by atoms with Crippen molar-refractivity contribution in [3.05, 3.63) is 0 Å². The highest BCUT2D eigenvalue weighted by Gasteiger charge is 2.51. The molecule has 5 atom stereocenters. The Labute approximate surface area is 155 Å². The lowest BCUT2D eigenvalue weighted by atomic mass is 9.60. The molecule has 0 aliphatic heterocycles. The summed E-state index contributed by atoms with van der Waals surface area (Å²) in [4.78, 5) is 0. The van der Waals surface area contributed by atoms with Gasteiger partial charge in [-0.25, -0.2) is 0 Å². The minimum absolute atomic E-state index is 0.0494. The van der Waals surface area contributed by atoms with Gasteiger partial charge in [-0.2, -0.15) is 0 Å². The Morgan fingerprint density at radius 2 is 1.68 bits per heavy atom. The van der Waals surface area contributed by atoms with E-state index >= 15 is 0 Å². The second-order valence-corrected chi connectivity index (χ2v) is 11.4. The van der Waals surface area contributed by atoms with Crippen LogP contribution in [0.3, 0.4) is 0 Å². The lowest BCUT2D eigenvalue weighted by Gasteiger charge is -2.50. The molecule has 0 heterocycles. The van der Waals surface area contributed by atoms with Gasteiger partial charge in [0.1, 0.15) is 0 Å². The Bertz CT molecular complexity index is 447. The third kappa shape index (κ3) is 4.99. The number of aliphatic hydroxyl groups is 2. The molecule has 3 heteroatoms. The zero-order valence-electron chi connectivity index (χ0n) is 17.7. The zero-order valence-corrected chi connectivity index (χ0v) is 17.7. The summed E-state index contributed by atoms with van der Waals surface area (Å²) in [5.74, 6) is 0.547. The first-order valence-electron chi connectivity index (χ1n) is 10.3. The molecule has 0 spiro atoms. The molecule has 148 valence electrons. The van der Waals surface area contributed by atoms with E-state index < -0.39 is 6.29 Å². The Morgan fingerprint density at radius 3 is 2.24 bits per heavy atom. The molecule has 2 saturated carbocycles. The molecular formula is C22H42O3. The van der Waals surface area contributed by atoms with E-state index in [-0.39, 0.29) is 27.9 Å². The van der Waals surface area contributed by atoms with Crippen LogP contribution in [-0.2, 0) is 4.74 Å². The van der Waals surface area contributed by atoms with Crippen LogP contribution in [0.2, 0.25) is 0 Å². The van der Waals surface area contributed by atoms with Crippen LogP contribution in [0, 0.1) is 22.2 Å². The SMILES string of the molecule is CC(C)(C)CC(C)(C(O)OC12CCCC(O)CC(CC1)C2)C(C)(C)C. The van der Waals surface area contributed by atoms with Gasteiger partial charge in [0.15, 0.2) is 6.29 Å². The van der Waals surface area contributed by atoms with Gasteiger partial charge in [-0.15, -0.1) is 0 Å². The van der Waals surface area contributed by atoms with Crippen molar-refractivity contribution >= 4 is 0 Å². The summed E-state index contributed by atoms with van der Waals surface area (Å²) in [5.41, 5.74) is -0.409. The second-order valence-electron chi connectivity index (χ2n) is 11.4. The smallest absolute Gasteiger partial charge is 0.161 e. The van der Waals surface area contributed by atoms with E-state index in [1.807, 2.05) is 0 Å². The van der Waals surface area contributed by atoms with Gasteiger partial charge in [0.05, 0.1) is 11.7 Å². The van der Waals surface area contributed by atoms with E-state index in [9.17, 15) is 10.2 Å². The predicted molar refractivity (Wildman–Crippen MR) is 103 cm³/mol. The molecule has 0 aromatic heterocycles. The van der Waals surface area contributed by atoms with Gasteiger partial charge in [-0.1, -0.05) is 48.5 Å². The molecule has 2 fully saturated rings. The quantitative estimate of drug-likeness (QED) is 0.675. The zero-order chi connectivity index (χ0) is 19.1. The summed E-state index contributed by atoms with van der Waals surface area (Å²) in [7, 11) is 0. The van der Waals surface area contributed by atoms with Crippen molar-refractivity contribution < 1.29 is 14.9 Å². The molecule has 0 saturated heterocycles. The molecule has 0 aromatic rings. The monoisotopic (exact) mass is 354 g/mol. The summed E-state index contributed by atoms with van der Waals surface area (Å²) < 4.78 is 6.55. The van der Waals surface area contributed by atoms with E-state index in [0.29, 0.717) is 5.92 Å². The van der Waals surface area contributed by atoms with Gasteiger partial charge in [0, 0.05) is 5.41 Å². The standard InChI is InChI=1S/C22H42O3/c1-19(2,3)15-21(7,20(4,5)6)18(24)25-22-11-8-9-17(23)13-16(14-22)10-12-22/h16-18,23-24H,8-15H2,1-7H3. The molecule has 2 aliphatic rings. The van der Waals surface area contributed by atoms with Crippen molar-refractivity contribution in [3.8, 4) is 0 Å². The normalized spacial score (nSPS) is 34.9. The minimum atomic E-state index is -0.755. The number of aliphatic hydroxyl groups excluding tert-OH is 2. The van der Waals surface area contributed by atoms with Crippen molar-refractivity contribution in [3.63, 3.8) is 0 Å². The van der Waals surface area contributed by atoms with Crippen molar-refractivity contribution in [1.82, 2.24) is 0 Å². The van der Waals surface area contributed by atoms with Gasteiger partial charge in [-0.3, -0.25) is 0 Å². The number of fused-ring (bicyclic) bond motifs is 2. The maximum Gasteiger partial charge on any atom is 0.161 e. The first-order valence-corrected chi connectivity index (χ1v) is 10.3. The Balaban J connectivity index is 2.18. The Kier molecular flexibility index (Phi) is 6.04. The molecule has 25 heavy (non-hydrogen) atoms. The van der Waals surface area contributed by atoms with Crippen LogP contribution in [0.15, 0.2) is 0 Å². The van der Waals surface area contributed by atoms with Gasteiger partial charge in [0.25, 0.3) is 0 Å². The first-order chi connectivity index (χ1) is 11.3. The molecular weight excluding hydrogens is 312 g/mol. The third-order valence-corrected chi connectivity index (χ3v) is 6.96. The van der Waals surface area contributed by atoms with Crippen LogP contribution < -0.4 is 0 Å². The fourth-order valence-electron chi connectivity index (χ4n) is 5.15. The molecule has 2 rings (SSSR count). The maximum atomic E-state index is 11.3. The van der Waals surface area contributed by atoms with Crippen molar-refractivity contribution in [2.45, 2.75) is 118 Å². The van der Waals surface area contributed by atoms with E-state index in [2.05, 4.69) is 48.5 Å². The third-order valence-electron chi connectivity index (χ3n) is 6.96. The van der Waals surface area contributed by atoms with Crippen LogP contribution in [0.5, 0.6) is 0 Å². The summed E-state index contributed by atoms with van der Waals surface area (Å²) in [6, 6.07) is 0. The fraction of sp³-hybridized carbons (Fsp3) is 1.00. The highest BCUT2D eigenvalue weighted by molar-refractivity contribution is 4.97. The summed E-state index contributed by atoms with van der Waals surface area (Å²) in [6.07, 6.45) is 6.89. The predicted octanol–water partition coefficient (Wildman–Crippen LogP) is 5.28. The molecule has 0 aromatic carbocycles. The molecule has 3 nitrogen and oxygen atoms in total. The van der Waals surface area contributed by atoms with E-state index in [4.69, 9.17) is 4.74 Å². The number of rotatable bonds is 4. The highest BCUT2D eigenvalue weighted by Crippen LogP contribution is 2.52. The van der Waals surface area contributed by atoms with E-state index in [1.165, 1.54) is 0 Å². The topological polar surface area (TPSA) is 49.7 Å². The van der Waals surface area contributed by atoms with Gasteiger partial charge in [-0.05, 0) is 68.1 Å².